The van der Waals surface area contributed by atoms with Gasteiger partial charge in [-0.05, 0) is 24.3 Å². The number of nitro benzene ring substituents is 1. The van der Waals surface area contributed by atoms with Crippen LogP contribution in [0.5, 0.6) is 11.5 Å². The van der Waals surface area contributed by atoms with Crippen LogP contribution in [0.25, 0.3) is 0 Å². The molecule has 8 heteroatoms. The van der Waals surface area contributed by atoms with Gasteiger partial charge >= 0.3 is 11.7 Å². The van der Waals surface area contributed by atoms with E-state index in [2.05, 4.69) is 0 Å². The fourth-order valence-electron chi connectivity index (χ4n) is 1.57. The molecule has 2 rings (SSSR count). The molecule has 2 aromatic rings. The Kier molecular flexibility index (Phi) is 4.90. The van der Waals surface area contributed by atoms with Crippen molar-refractivity contribution < 1.29 is 23.6 Å². The summed E-state index contributed by atoms with van der Waals surface area (Å²) < 4.78 is 23.0. The summed E-state index contributed by atoms with van der Waals surface area (Å²) in [6.07, 6.45) is 0. The first-order valence-corrected chi connectivity index (χ1v) is 6.36. The molecule has 0 aliphatic heterocycles. The Morgan fingerprint density at radius 3 is 2.73 bits per heavy atom. The van der Waals surface area contributed by atoms with E-state index in [9.17, 15) is 19.3 Å². The van der Waals surface area contributed by atoms with Crippen molar-refractivity contribution in [3.63, 3.8) is 0 Å². The van der Waals surface area contributed by atoms with Gasteiger partial charge in [-0.15, -0.1) is 0 Å². The molecule has 0 heterocycles. The summed E-state index contributed by atoms with van der Waals surface area (Å²) in [6.45, 7) is -0.506. The normalized spacial score (nSPS) is 10.1. The van der Waals surface area contributed by atoms with Gasteiger partial charge in [0.1, 0.15) is 11.6 Å². The maximum atomic E-state index is 13.1. The molecule has 0 spiro atoms. The van der Waals surface area contributed by atoms with E-state index in [4.69, 9.17) is 21.1 Å². The minimum absolute atomic E-state index is 0.332. The molecule has 0 N–H and O–H groups in total. The molecule has 0 saturated carbocycles. The predicted molar refractivity (Wildman–Crippen MR) is 75.6 cm³/mol. The third-order valence-corrected chi connectivity index (χ3v) is 2.73. The third kappa shape index (κ3) is 4.16. The number of nitrogens with zero attached hydrogens (tertiary/aromatic N) is 1. The SMILES string of the molecule is O=C(COc1cccc(Cl)c1)Oc1cc(F)ccc1[N+](=O)[O-]. The van der Waals surface area contributed by atoms with Crippen molar-refractivity contribution >= 4 is 23.3 Å². The summed E-state index contributed by atoms with van der Waals surface area (Å²) in [7, 11) is 0. The molecule has 0 saturated heterocycles. The fourth-order valence-corrected chi connectivity index (χ4v) is 1.75. The molecule has 0 amide bonds. The standard InChI is InChI=1S/C14H9ClFNO5/c15-9-2-1-3-11(6-9)21-8-14(18)22-13-7-10(16)4-5-12(13)17(19)20/h1-7H,8H2. The van der Waals surface area contributed by atoms with Crippen LogP contribution in [0.4, 0.5) is 10.1 Å². The fraction of sp³-hybridized carbons (Fsp3) is 0.0714. The first-order valence-electron chi connectivity index (χ1n) is 5.98. The number of esters is 1. The second-order valence-corrected chi connectivity index (χ2v) is 4.53. The van der Waals surface area contributed by atoms with E-state index < -0.39 is 34.8 Å². The average molecular weight is 326 g/mol. The molecule has 0 bridgehead atoms. The maximum Gasteiger partial charge on any atom is 0.349 e. The number of hydrogen-bond acceptors (Lipinski definition) is 5. The van der Waals surface area contributed by atoms with Crippen molar-refractivity contribution in [1.29, 1.82) is 0 Å². The first-order chi connectivity index (χ1) is 10.5. The molecule has 6 nitrogen and oxygen atoms in total. The lowest BCUT2D eigenvalue weighted by Gasteiger charge is -2.07. The van der Waals surface area contributed by atoms with Crippen LogP contribution in [0, 0.1) is 15.9 Å². The largest absolute Gasteiger partial charge is 0.482 e. The molecule has 2 aromatic carbocycles. The van der Waals surface area contributed by atoms with E-state index in [0.717, 1.165) is 18.2 Å². The van der Waals surface area contributed by atoms with E-state index in [1.807, 2.05) is 0 Å². The third-order valence-electron chi connectivity index (χ3n) is 2.50. The van der Waals surface area contributed by atoms with Crippen LogP contribution in [0.3, 0.4) is 0 Å². The van der Waals surface area contributed by atoms with Gasteiger partial charge in [0.25, 0.3) is 0 Å². The maximum absolute atomic E-state index is 13.1. The van der Waals surface area contributed by atoms with Gasteiger partial charge in [0.15, 0.2) is 6.61 Å². The van der Waals surface area contributed by atoms with Crippen molar-refractivity contribution in [1.82, 2.24) is 0 Å². The van der Waals surface area contributed by atoms with Gasteiger partial charge in [0, 0.05) is 17.2 Å². The number of benzene rings is 2. The highest BCUT2D eigenvalue weighted by molar-refractivity contribution is 6.30. The van der Waals surface area contributed by atoms with Crippen LogP contribution in [0.2, 0.25) is 5.02 Å². The van der Waals surface area contributed by atoms with Gasteiger partial charge in [0.05, 0.1) is 4.92 Å². The van der Waals surface area contributed by atoms with E-state index in [1.165, 1.54) is 6.07 Å². The molecule has 0 atom stereocenters. The molecular weight excluding hydrogens is 317 g/mol. The van der Waals surface area contributed by atoms with Crippen molar-refractivity contribution in [3.8, 4) is 11.5 Å². The van der Waals surface area contributed by atoms with Gasteiger partial charge in [0.2, 0.25) is 5.75 Å². The second kappa shape index (κ2) is 6.86. The van der Waals surface area contributed by atoms with Gasteiger partial charge in [-0.2, -0.15) is 0 Å². The highest BCUT2D eigenvalue weighted by atomic mass is 35.5. The molecule has 0 unspecified atom stereocenters. The Morgan fingerprint density at radius 1 is 1.27 bits per heavy atom. The minimum Gasteiger partial charge on any atom is -0.482 e. The molecule has 0 radical (unpaired) electrons. The Balaban J connectivity index is 2.03. The predicted octanol–water partition coefficient (Wildman–Crippen LogP) is 3.37. The number of hydrogen-bond donors (Lipinski definition) is 0. The summed E-state index contributed by atoms with van der Waals surface area (Å²) in [5, 5.41) is 11.2. The Labute approximate surface area is 129 Å². The number of rotatable bonds is 5. The summed E-state index contributed by atoms with van der Waals surface area (Å²) in [4.78, 5) is 21.6. The summed E-state index contributed by atoms with van der Waals surface area (Å²) in [6, 6.07) is 8.88. The average Bonchev–Trinajstić information content (AvgIpc) is 2.45. The van der Waals surface area contributed by atoms with Crippen LogP contribution >= 0.6 is 11.6 Å². The molecule has 114 valence electrons. The topological polar surface area (TPSA) is 78.7 Å². The first kappa shape index (κ1) is 15.7. The number of carbonyl (C=O) groups is 1. The van der Waals surface area contributed by atoms with Crippen LogP contribution < -0.4 is 9.47 Å². The van der Waals surface area contributed by atoms with Gasteiger partial charge in [-0.3, -0.25) is 10.1 Å². The molecule has 0 aliphatic rings. The van der Waals surface area contributed by atoms with Crippen molar-refractivity contribution in [3.05, 3.63) is 63.4 Å². The van der Waals surface area contributed by atoms with E-state index in [-0.39, 0.29) is 0 Å². The highest BCUT2D eigenvalue weighted by Crippen LogP contribution is 2.27. The van der Waals surface area contributed by atoms with Gasteiger partial charge < -0.3 is 9.47 Å². The molecule has 0 aliphatic carbocycles. The van der Waals surface area contributed by atoms with Crippen LogP contribution in [0.15, 0.2) is 42.5 Å². The smallest absolute Gasteiger partial charge is 0.349 e. The van der Waals surface area contributed by atoms with E-state index in [0.29, 0.717) is 10.8 Å². The minimum atomic E-state index is -0.909. The molecule has 0 aromatic heterocycles. The summed E-state index contributed by atoms with van der Waals surface area (Å²) in [5.74, 6) is -1.82. The lowest BCUT2D eigenvalue weighted by atomic mass is 10.3. The number of ether oxygens (including phenoxy) is 2. The van der Waals surface area contributed by atoms with Crippen molar-refractivity contribution in [2.45, 2.75) is 0 Å². The summed E-state index contributed by atoms with van der Waals surface area (Å²) in [5.41, 5.74) is -0.516. The van der Waals surface area contributed by atoms with Crippen molar-refractivity contribution in [2.24, 2.45) is 0 Å². The number of halogens is 2. The quantitative estimate of drug-likeness (QED) is 0.364. The van der Waals surface area contributed by atoms with Gasteiger partial charge in [-0.1, -0.05) is 17.7 Å². The van der Waals surface area contributed by atoms with Crippen LogP contribution in [-0.2, 0) is 4.79 Å². The number of carbonyl (C=O) groups excluding carboxylic acids is 1. The zero-order chi connectivity index (χ0) is 16.1. The zero-order valence-electron chi connectivity index (χ0n) is 11.0. The lowest BCUT2D eigenvalue weighted by Crippen LogP contribution is -2.18. The zero-order valence-corrected chi connectivity index (χ0v) is 11.7. The lowest BCUT2D eigenvalue weighted by molar-refractivity contribution is -0.385. The second-order valence-electron chi connectivity index (χ2n) is 4.09. The highest BCUT2D eigenvalue weighted by Gasteiger charge is 2.19. The Bertz CT molecular complexity index is 722. The molecule has 22 heavy (non-hydrogen) atoms. The van der Waals surface area contributed by atoms with E-state index in [1.54, 1.807) is 18.2 Å². The summed E-state index contributed by atoms with van der Waals surface area (Å²) >= 11 is 5.75. The van der Waals surface area contributed by atoms with Crippen molar-refractivity contribution in [2.75, 3.05) is 6.61 Å². The van der Waals surface area contributed by atoms with E-state index >= 15 is 0 Å². The van der Waals surface area contributed by atoms with Crippen LogP contribution in [0.1, 0.15) is 0 Å². The Morgan fingerprint density at radius 2 is 2.05 bits per heavy atom. The number of nitro groups is 1. The molecule has 0 fully saturated rings. The Hall–Kier alpha value is -2.67. The molecular formula is C14H9ClFNO5. The van der Waals surface area contributed by atoms with Gasteiger partial charge in [-0.25, -0.2) is 9.18 Å². The van der Waals surface area contributed by atoms with Crippen LogP contribution in [-0.4, -0.2) is 17.5 Å². The monoisotopic (exact) mass is 325 g/mol.